The molecule has 0 saturated carbocycles. The fourth-order valence-electron chi connectivity index (χ4n) is 2.40. The summed E-state index contributed by atoms with van der Waals surface area (Å²) in [5.41, 5.74) is -0.532. The Morgan fingerprint density at radius 3 is 2.26 bits per heavy atom. The maximum absolute atomic E-state index is 12.3. The summed E-state index contributed by atoms with van der Waals surface area (Å²) >= 11 is 0. The van der Waals surface area contributed by atoms with Crippen molar-refractivity contribution in [3.05, 3.63) is 39.4 Å². The molecule has 0 aliphatic carbocycles. The fraction of sp³-hybridized carbons (Fsp3) is 0.357. The number of non-ortho nitro benzene ring substituents is 1. The molecular formula is C14H13LiN2O6. The van der Waals surface area contributed by atoms with E-state index in [1.165, 1.54) is 0 Å². The Bertz CT molecular complexity index is 688. The molecule has 9 heteroatoms. The number of carbonyl (C=O) groups is 3. The van der Waals surface area contributed by atoms with E-state index in [1.807, 2.05) is 0 Å². The van der Waals surface area contributed by atoms with Gasteiger partial charge in [-0.15, -0.1) is 0 Å². The summed E-state index contributed by atoms with van der Waals surface area (Å²) in [7, 11) is 0. The van der Waals surface area contributed by atoms with Gasteiger partial charge in [-0.1, -0.05) is 13.8 Å². The summed E-state index contributed by atoms with van der Waals surface area (Å²) in [6, 6.07) is 1.85. The molecule has 1 aromatic rings. The molecule has 2 rings (SSSR count). The van der Waals surface area contributed by atoms with Crippen molar-refractivity contribution in [3.8, 4) is 0 Å². The largest absolute Gasteiger partial charge is 1.00 e. The molecule has 0 radical (unpaired) electrons. The average molecular weight is 312 g/mol. The number of imide groups is 1. The van der Waals surface area contributed by atoms with Crippen molar-refractivity contribution >= 4 is 23.5 Å². The molecule has 1 aromatic carbocycles. The van der Waals surface area contributed by atoms with E-state index in [-0.39, 0.29) is 48.0 Å². The predicted octanol–water partition coefficient (Wildman–Crippen LogP) is -2.64. The van der Waals surface area contributed by atoms with Crippen LogP contribution in [-0.4, -0.2) is 33.6 Å². The molecule has 1 aliphatic rings. The number of nitrogens with zero attached hydrogens (tertiary/aromatic N) is 2. The topological polar surface area (TPSA) is 121 Å². The molecule has 0 spiro atoms. The summed E-state index contributed by atoms with van der Waals surface area (Å²) in [4.78, 5) is 46.5. The zero-order valence-electron chi connectivity index (χ0n) is 12.9. The number of benzene rings is 1. The second-order valence-electron chi connectivity index (χ2n) is 5.43. The van der Waals surface area contributed by atoms with Gasteiger partial charge in [0.05, 0.1) is 28.1 Å². The van der Waals surface area contributed by atoms with Gasteiger partial charge in [-0.3, -0.25) is 24.6 Å². The quantitative estimate of drug-likeness (QED) is 0.254. The number of fused-ring (bicyclic) bond motifs is 1. The van der Waals surface area contributed by atoms with Crippen molar-refractivity contribution in [2.45, 2.75) is 26.3 Å². The van der Waals surface area contributed by atoms with Gasteiger partial charge >= 0.3 is 18.9 Å². The zero-order valence-corrected chi connectivity index (χ0v) is 12.9. The van der Waals surface area contributed by atoms with E-state index < -0.39 is 28.7 Å². The molecule has 0 bridgehead atoms. The van der Waals surface area contributed by atoms with Crippen LogP contribution in [0.5, 0.6) is 0 Å². The van der Waals surface area contributed by atoms with Gasteiger partial charge in [0.2, 0.25) is 0 Å². The number of nitro benzene ring substituents is 1. The zero-order chi connectivity index (χ0) is 16.6. The van der Waals surface area contributed by atoms with E-state index in [4.69, 9.17) is 0 Å². The molecule has 116 valence electrons. The number of carboxylic acids is 1. The summed E-state index contributed by atoms with van der Waals surface area (Å²) in [6.07, 6.45) is 0.0515. The van der Waals surface area contributed by atoms with Crippen molar-refractivity contribution in [1.29, 1.82) is 0 Å². The van der Waals surface area contributed by atoms with Crippen LogP contribution in [0, 0.1) is 16.0 Å². The standard InChI is InChI=1S/C14H14N2O6.Li/c1-7(2)5-11(14(19)20)15-12(17)9-4-3-8(16(21)22)6-10(9)13(15)18;/h3-4,6-7,11H,5H2,1-2H3,(H,19,20);/q;+1/p-1. The first-order valence-corrected chi connectivity index (χ1v) is 6.61. The van der Waals surface area contributed by atoms with Crippen molar-refractivity contribution in [2.75, 3.05) is 0 Å². The van der Waals surface area contributed by atoms with E-state index in [2.05, 4.69) is 0 Å². The number of carbonyl (C=O) groups excluding carboxylic acids is 3. The third-order valence-corrected chi connectivity index (χ3v) is 3.39. The molecule has 0 N–H and O–H groups in total. The van der Waals surface area contributed by atoms with Crippen LogP contribution in [0.4, 0.5) is 5.69 Å². The number of hydrogen-bond donors (Lipinski definition) is 0. The van der Waals surface area contributed by atoms with E-state index >= 15 is 0 Å². The molecule has 1 unspecified atom stereocenters. The maximum atomic E-state index is 12.3. The second kappa shape index (κ2) is 6.94. The van der Waals surface area contributed by atoms with Crippen LogP contribution in [-0.2, 0) is 4.79 Å². The van der Waals surface area contributed by atoms with Crippen molar-refractivity contribution in [1.82, 2.24) is 4.90 Å². The Balaban J connectivity index is 0.00000264. The van der Waals surface area contributed by atoms with Crippen LogP contribution in [0.2, 0.25) is 0 Å². The number of hydrogen-bond acceptors (Lipinski definition) is 6. The first-order chi connectivity index (χ1) is 10.2. The molecular weight excluding hydrogens is 299 g/mol. The number of aliphatic carboxylic acids is 1. The van der Waals surface area contributed by atoms with Gasteiger partial charge in [0.25, 0.3) is 17.5 Å². The van der Waals surface area contributed by atoms with E-state index in [0.717, 1.165) is 18.2 Å². The van der Waals surface area contributed by atoms with Crippen molar-refractivity contribution in [2.24, 2.45) is 5.92 Å². The molecule has 1 heterocycles. The van der Waals surface area contributed by atoms with Gasteiger partial charge in [-0.2, -0.15) is 0 Å². The minimum absolute atomic E-state index is 0. The molecule has 0 saturated heterocycles. The first kappa shape index (κ1) is 18.9. The van der Waals surface area contributed by atoms with E-state index in [9.17, 15) is 29.6 Å². The third-order valence-electron chi connectivity index (χ3n) is 3.39. The summed E-state index contributed by atoms with van der Waals surface area (Å²) in [5.74, 6) is -3.23. The van der Waals surface area contributed by atoms with Gasteiger partial charge < -0.3 is 9.90 Å². The smallest absolute Gasteiger partial charge is 0.548 e. The van der Waals surface area contributed by atoms with E-state index in [0.29, 0.717) is 4.90 Å². The minimum Gasteiger partial charge on any atom is -0.548 e. The number of rotatable bonds is 5. The third kappa shape index (κ3) is 3.44. The normalized spacial score (nSPS) is 14.5. The molecule has 1 atom stereocenters. The van der Waals surface area contributed by atoms with Crippen molar-refractivity contribution < 1.29 is 43.3 Å². The van der Waals surface area contributed by atoms with Crippen LogP contribution in [0.25, 0.3) is 0 Å². The molecule has 0 fully saturated rings. The molecule has 1 aliphatic heterocycles. The molecule has 0 aromatic heterocycles. The van der Waals surface area contributed by atoms with Gasteiger partial charge in [-0.05, 0) is 18.4 Å². The van der Waals surface area contributed by atoms with Crippen LogP contribution in [0.15, 0.2) is 18.2 Å². The second-order valence-corrected chi connectivity index (χ2v) is 5.43. The van der Waals surface area contributed by atoms with Crippen LogP contribution in [0.3, 0.4) is 0 Å². The maximum Gasteiger partial charge on any atom is 1.00 e. The van der Waals surface area contributed by atoms with Gasteiger partial charge in [0, 0.05) is 12.1 Å². The molecule has 23 heavy (non-hydrogen) atoms. The van der Waals surface area contributed by atoms with Crippen LogP contribution < -0.4 is 24.0 Å². The Morgan fingerprint density at radius 1 is 1.22 bits per heavy atom. The molecule has 8 nitrogen and oxygen atoms in total. The van der Waals surface area contributed by atoms with E-state index in [1.54, 1.807) is 13.8 Å². The summed E-state index contributed by atoms with van der Waals surface area (Å²) < 4.78 is 0. The molecule has 2 amide bonds. The van der Waals surface area contributed by atoms with Gasteiger partial charge in [0.15, 0.2) is 0 Å². The Morgan fingerprint density at radius 2 is 1.78 bits per heavy atom. The summed E-state index contributed by atoms with van der Waals surface area (Å²) in [6.45, 7) is 3.50. The number of nitro groups is 1. The van der Waals surface area contributed by atoms with Gasteiger partial charge in [0.1, 0.15) is 0 Å². The Labute approximate surface area is 143 Å². The Hall–Kier alpha value is -2.17. The average Bonchev–Trinajstić information content (AvgIpc) is 2.67. The first-order valence-electron chi connectivity index (χ1n) is 6.61. The Kier molecular flexibility index (Phi) is 5.69. The summed E-state index contributed by atoms with van der Waals surface area (Å²) in [5, 5.41) is 22.0. The minimum atomic E-state index is -1.53. The van der Waals surface area contributed by atoms with Crippen LogP contribution >= 0.6 is 0 Å². The van der Waals surface area contributed by atoms with Crippen LogP contribution in [0.1, 0.15) is 41.0 Å². The van der Waals surface area contributed by atoms with Gasteiger partial charge in [-0.25, -0.2) is 0 Å². The van der Waals surface area contributed by atoms with Crippen molar-refractivity contribution in [3.63, 3.8) is 0 Å². The predicted molar refractivity (Wildman–Crippen MR) is 71.8 cm³/mol. The number of amides is 2. The fourth-order valence-corrected chi connectivity index (χ4v) is 2.40. The monoisotopic (exact) mass is 312 g/mol. The SMILES string of the molecule is CC(C)CC(C(=O)[O-])N1C(=O)c2ccc([N+](=O)[O-])cc2C1=O.[Li+]. The number of carboxylic acid groups (broad SMARTS) is 1.